The standard InChI is InChI=1S/C14H21N5OS/c1-3-19-13-12(9(2)17-19)16-14(21)18(13)8-4-5-11(20)15-10-6-7-10/h10H,3-8H2,1-2H3,(H,15,20)(H,16,21). The van der Waals surface area contributed by atoms with Crippen LogP contribution in [0.3, 0.4) is 0 Å². The number of imidazole rings is 1. The van der Waals surface area contributed by atoms with Crippen molar-refractivity contribution >= 4 is 29.3 Å². The molecule has 0 radical (unpaired) electrons. The van der Waals surface area contributed by atoms with Crippen LogP contribution in [-0.2, 0) is 17.9 Å². The van der Waals surface area contributed by atoms with Crippen molar-refractivity contribution in [2.24, 2.45) is 0 Å². The molecule has 21 heavy (non-hydrogen) atoms. The Bertz CT molecular complexity index is 722. The third kappa shape index (κ3) is 2.88. The molecule has 1 fully saturated rings. The Morgan fingerprint density at radius 2 is 2.29 bits per heavy atom. The summed E-state index contributed by atoms with van der Waals surface area (Å²) in [7, 11) is 0. The van der Waals surface area contributed by atoms with E-state index in [-0.39, 0.29) is 5.91 Å². The maximum Gasteiger partial charge on any atom is 0.220 e. The average molecular weight is 307 g/mol. The molecule has 114 valence electrons. The quantitative estimate of drug-likeness (QED) is 0.805. The van der Waals surface area contributed by atoms with Gasteiger partial charge in [-0.2, -0.15) is 5.10 Å². The van der Waals surface area contributed by atoms with Crippen molar-refractivity contribution in [2.45, 2.75) is 58.7 Å². The highest BCUT2D eigenvalue weighted by atomic mass is 32.1. The topological polar surface area (TPSA) is 67.6 Å². The number of carbonyl (C=O) groups excluding carboxylic acids is 1. The molecule has 1 saturated carbocycles. The number of nitrogens with one attached hydrogen (secondary N) is 2. The lowest BCUT2D eigenvalue weighted by molar-refractivity contribution is -0.121. The van der Waals surface area contributed by atoms with Gasteiger partial charge >= 0.3 is 0 Å². The number of hydrogen-bond acceptors (Lipinski definition) is 3. The number of H-pyrrole nitrogens is 1. The molecule has 0 unspecified atom stereocenters. The first-order valence-electron chi connectivity index (χ1n) is 7.55. The molecule has 0 aliphatic heterocycles. The molecule has 0 aromatic carbocycles. The zero-order chi connectivity index (χ0) is 15.0. The Balaban J connectivity index is 1.72. The summed E-state index contributed by atoms with van der Waals surface area (Å²) < 4.78 is 4.72. The van der Waals surface area contributed by atoms with E-state index in [1.807, 2.05) is 11.6 Å². The number of rotatable bonds is 6. The zero-order valence-electron chi connectivity index (χ0n) is 12.5. The lowest BCUT2D eigenvalue weighted by atomic mass is 10.3. The van der Waals surface area contributed by atoms with Crippen molar-refractivity contribution in [1.82, 2.24) is 24.6 Å². The summed E-state index contributed by atoms with van der Waals surface area (Å²) in [6, 6.07) is 0.433. The number of carbonyl (C=O) groups is 1. The van der Waals surface area contributed by atoms with E-state index in [9.17, 15) is 4.79 Å². The van der Waals surface area contributed by atoms with Gasteiger partial charge in [0.15, 0.2) is 10.4 Å². The lowest BCUT2D eigenvalue weighted by Gasteiger charge is -2.06. The van der Waals surface area contributed by atoms with Crippen LogP contribution in [0.1, 0.15) is 38.3 Å². The van der Waals surface area contributed by atoms with Crippen LogP contribution in [0.15, 0.2) is 0 Å². The van der Waals surface area contributed by atoms with Crippen LogP contribution in [0.5, 0.6) is 0 Å². The number of nitrogens with zero attached hydrogens (tertiary/aromatic N) is 3. The second-order valence-corrected chi connectivity index (χ2v) is 6.01. The molecule has 7 heteroatoms. The Hall–Kier alpha value is -1.63. The molecule has 2 aromatic heterocycles. The minimum atomic E-state index is 0.149. The van der Waals surface area contributed by atoms with Gasteiger partial charge in [-0.1, -0.05) is 0 Å². The van der Waals surface area contributed by atoms with Crippen molar-refractivity contribution in [3.8, 4) is 0 Å². The summed E-state index contributed by atoms with van der Waals surface area (Å²) in [6.07, 6.45) is 3.59. The molecule has 2 aromatic rings. The van der Waals surface area contributed by atoms with Crippen molar-refractivity contribution < 1.29 is 4.79 Å². The van der Waals surface area contributed by atoms with Crippen LogP contribution >= 0.6 is 12.2 Å². The fourth-order valence-corrected chi connectivity index (χ4v) is 2.89. The van der Waals surface area contributed by atoms with E-state index in [1.165, 1.54) is 0 Å². The molecule has 1 aliphatic carbocycles. The zero-order valence-corrected chi connectivity index (χ0v) is 13.3. The molecule has 3 rings (SSSR count). The maximum absolute atomic E-state index is 11.7. The first-order chi connectivity index (χ1) is 10.1. The van der Waals surface area contributed by atoms with E-state index in [4.69, 9.17) is 12.2 Å². The number of fused-ring (bicyclic) bond motifs is 1. The summed E-state index contributed by atoms with van der Waals surface area (Å²) in [4.78, 5) is 15.0. The number of aromatic amines is 1. The number of aromatic nitrogens is 4. The molecule has 0 spiro atoms. The van der Waals surface area contributed by atoms with Crippen LogP contribution in [0, 0.1) is 11.7 Å². The van der Waals surface area contributed by atoms with Crippen LogP contribution in [0.25, 0.3) is 11.2 Å². The highest BCUT2D eigenvalue weighted by Crippen LogP contribution is 2.20. The molecule has 0 atom stereocenters. The van der Waals surface area contributed by atoms with E-state index in [1.54, 1.807) is 0 Å². The Morgan fingerprint density at radius 3 is 2.95 bits per heavy atom. The maximum atomic E-state index is 11.7. The molecular weight excluding hydrogens is 286 g/mol. The van der Waals surface area contributed by atoms with Gasteiger partial charge in [0.2, 0.25) is 5.91 Å². The predicted octanol–water partition coefficient (Wildman–Crippen LogP) is 2.28. The Kier molecular flexibility index (Phi) is 3.84. The average Bonchev–Trinajstić information content (AvgIpc) is 3.12. The van der Waals surface area contributed by atoms with Gasteiger partial charge in [0, 0.05) is 25.6 Å². The smallest absolute Gasteiger partial charge is 0.220 e. The highest BCUT2D eigenvalue weighted by Gasteiger charge is 2.22. The van der Waals surface area contributed by atoms with Gasteiger partial charge < -0.3 is 14.9 Å². The van der Waals surface area contributed by atoms with Gasteiger partial charge in [-0.25, -0.2) is 4.68 Å². The number of aryl methyl sites for hydroxylation is 3. The van der Waals surface area contributed by atoms with Gasteiger partial charge in [-0.3, -0.25) is 4.79 Å². The third-order valence-corrected chi connectivity index (χ3v) is 4.18. The monoisotopic (exact) mass is 307 g/mol. The van der Waals surface area contributed by atoms with Gasteiger partial charge in [-0.05, 0) is 45.3 Å². The van der Waals surface area contributed by atoms with Gasteiger partial charge in [0.05, 0.1) is 5.69 Å². The van der Waals surface area contributed by atoms with Crippen LogP contribution in [0.2, 0.25) is 0 Å². The van der Waals surface area contributed by atoms with E-state index < -0.39 is 0 Å². The second-order valence-electron chi connectivity index (χ2n) is 5.63. The number of hydrogen-bond donors (Lipinski definition) is 2. The molecule has 0 saturated heterocycles. The molecule has 2 heterocycles. The third-order valence-electron chi connectivity index (χ3n) is 3.86. The Morgan fingerprint density at radius 1 is 1.52 bits per heavy atom. The predicted molar refractivity (Wildman–Crippen MR) is 83.7 cm³/mol. The molecular formula is C14H21N5OS. The van der Waals surface area contributed by atoms with E-state index >= 15 is 0 Å². The van der Waals surface area contributed by atoms with E-state index in [2.05, 4.69) is 26.9 Å². The van der Waals surface area contributed by atoms with Crippen molar-refractivity contribution in [3.63, 3.8) is 0 Å². The minimum Gasteiger partial charge on any atom is -0.353 e. The summed E-state index contributed by atoms with van der Waals surface area (Å²) in [5.74, 6) is 0.149. The van der Waals surface area contributed by atoms with E-state index in [0.717, 1.165) is 49.2 Å². The molecule has 6 nitrogen and oxygen atoms in total. The molecule has 0 bridgehead atoms. The van der Waals surface area contributed by atoms with Crippen molar-refractivity contribution in [1.29, 1.82) is 0 Å². The summed E-state index contributed by atoms with van der Waals surface area (Å²) in [5, 5.41) is 7.51. The van der Waals surface area contributed by atoms with Crippen molar-refractivity contribution in [3.05, 3.63) is 10.5 Å². The minimum absolute atomic E-state index is 0.149. The molecule has 1 aliphatic rings. The summed E-state index contributed by atoms with van der Waals surface area (Å²) >= 11 is 5.40. The normalized spacial score (nSPS) is 14.8. The summed E-state index contributed by atoms with van der Waals surface area (Å²) in [5.41, 5.74) is 3.00. The fourth-order valence-electron chi connectivity index (χ4n) is 2.61. The first-order valence-corrected chi connectivity index (χ1v) is 7.96. The number of amides is 1. The first kappa shape index (κ1) is 14.3. The van der Waals surface area contributed by atoms with Crippen LogP contribution in [0.4, 0.5) is 0 Å². The summed E-state index contributed by atoms with van der Waals surface area (Å²) in [6.45, 7) is 5.59. The SMILES string of the molecule is CCn1nc(C)c2[nH]c(=S)n(CCCC(=O)NC3CC3)c21. The van der Waals surface area contributed by atoms with E-state index in [0.29, 0.717) is 17.2 Å². The van der Waals surface area contributed by atoms with Gasteiger partial charge in [0.1, 0.15) is 5.52 Å². The van der Waals surface area contributed by atoms with Crippen molar-refractivity contribution in [2.75, 3.05) is 0 Å². The second kappa shape index (κ2) is 5.63. The Labute approximate surface area is 128 Å². The van der Waals surface area contributed by atoms with Crippen LogP contribution in [-0.4, -0.2) is 31.3 Å². The van der Waals surface area contributed by atoms with Gasteiger partial charge in [0.25, 0.3) is 0 Å². The van der Waals surface area contributed by atoms with Crippen LogP contribution < -0.4 is 5.32 Å². The lowest BCUT2D eigenvalue weighted by Crippen LogP contribution is -2.25. The fraction of sp³-hybridized carbons (Fsp3) is 0.643. The highest BCUT2D eigenvalue weighted by molar-refractivity contribution is 7.71. The van der Waals surface area contributed by atoms with Gasteiger partial charge in [-0.15, -0.1) is 0 Å². The largest absolute Gasteiger partial charge is 0.353 e. The molecule has 1 amide bonds. The molecule has 2 N–H and O–H groups in total.